The average Bonchev–Trinajstić information content (AvgIpc) is 2.29. The Kier molecular flexibility index (Phi) is 4.60. The molecule has 1 unspecified atom stereocenters. The minimum Gasteiger partial charge on any atom is -0.496 e. The second kappa shape index (κ2) is 5.75. The first kappa shape index (κ1) is 13.6. The minimum absolute atomic E-state index is 0.276. The number of rotatable bonds is 5. The largest absolute Gasteiger partial charge is 0.496 e. The molecule has 0 fully saturated rings. The third-order valence-electron chi connectivity index (χ3n) is 2.69. The summed E-state index contributed by atoms with van der Waals surface area (Å²) in [5, 5.41) is 3.41. The molecule has 2 nitrogen and oxygen atoms in total. The summed E-state index contributed by atoms with van der Waals surface area (Å²) in [6.45, 7) is 6.14. The third kappa shape index (κ3) is 4.13. The van der Waals surface area contributed by atoms with Crippen molar-refractivity contribution < 1.29 is 4.74 Å². The zero-order chi connectivity index (χ0) is 12.9. The van der Waals surface area contributed by atoms with E-state index in [-0.39, 0.29) is 5.54 Å². The average molecular weight is 231 g/mol. The summed E-state index contributed by atoms with van der Waals surface area (Å²) < 4.78 is 5.33. The number of nitrogens with one attached hydrogen (secondary N) is 1. The highest BCUT2D eigenvalue weighted by molar-refractivity contribution is 5.33. The summed E-state index contributed by atoms with van der Waals surface area (Å²) in [5.74, 6) is 3.67. The summed E-state index contributed by atoms with van der Waals surface area (Å²) in [6, 6.07) is 8.37. The van der Waals surface area contributed by atoms with Crippen LogP contribution in [0.1, 0.15) is 26.3 Å². The molecular weight excluding hydrogens is 210 g/mol. The van der Waals surface area contributed by atoms with E-state index in [4.69, 9.17) is 11.2 Å². The van der Waals surface area contributed by atoms with Crippen LogP contribution in [0.4, 0.5) is 0 Å². The Labute approximate surface area is 104 Å². The van der Waals surface area contributed by atoms with Crippen molar-refractivity contribution in [2.45, 2.75) is 38.8 Å². The van der Waals surface area contributed by atoms with Crippen LogP contribution in [0.15, 0.2) is 24.3 Å². The fourth-order valence-electron chi connectivity index (χ4n) is 1.91. The first-order chi connectivity index (χ1) is 7.98. The number of hydrogen-bond acceptors (Lipinski definition) is 2. The molecule has 1 N–H and O–H groups in total. The van der Waals surface area contributed by atoms with Gasteiger partial charge in [-0.2, -0.15) is 0 Å². The van der Waals surface area contributed by atoms with Crippen molar-refractivity contribution in [1.82, 2.24) is 5.32 Å². The molecule has 2 heteroatoms. The predicted octanol–water partition coefficient (Wildman–Crippen LogP) is 2.63. The van der Waals surface area contributed by atoms with E-state index in [2.05, 4.69) is 24.2 Å². The fraction of sp³-hybridized carbons (Fsp3) is 0.467. The number of terminal acetylenes is 1. The fourth-order valence-corrected chi connectivity index (χ4v) is 1.91. The Balaban J connectivity index is 2.69. The molecule has 0 spiro atoms. The van der Waals surface area contributed by atoms with Gasteiger partial charge in [-0.25, -0.2) is 0 Å². The standard InChI is InChI=1S/C15H21NO/c1-6-15(3,4)16-12(2)11-13-9-7-8-10-14(13)17-5/h1,7-10,12,16H,11H2,2-5H3. The van der Waals surface area contributed by atoms with Crippen molar-refractivity contribution in [3.63, 3.8) is 0 Å². The zero-order valence-corrected chi connectivity index (χ0v) is 11.1. The van der Waals surface area contributed by atoms with E-state index < -0.39 is 0 Å². The van der Waals surface area contributed by atoms with Crippen LogP contribution in [0, 0.1) is 12.3 Å². The zero-order valence-electron chi connectivity index (χ0n) is 11.1. The van der Waals surface area contributed by atoms with Crippen molar-refractivity contribution >= 4 is 0 Å². The smallest absolute Gasteiger partial charge is 0.122 e. The molecule has 0 amide bonds. The summed E-state index contributed by atoms with van der Waals surface area (Å²) in [4.78, 5) is 0. The monoisotopic (exact) mass is 231 g/mol. The number of methoxy groups -OCH3 is 1. The highest BCUT2D eigenvalue weighted by atomic mass is 16.5. The van der Waals surface area contributed by atoms with E-state index in [9.17, 15) is 0 Å². The van der Waals surface area contributed by atoms with Gasteiger partial charge in [0.2, 0.25) is 0 Å². The normalized spacial score (nSPS) is 12.9. The number of hydrogen-bond donors (Lipinski definition) is 1. The summed E-state index contributed by atoms with van der Waals surface area (Å²) >= 11 is 0. The van der Waals surface area contributed by atoms with Crippen LogP contribution in [-0.2, 0) is 6.42 Å². The number of ether oxygens (including phenoxy) is 1. The van der Waals surface area contributed by atoms with Crippen LogP contribution in [0.3, 0.4) is 0 Å². The first-order valence-corrected chi connectivity index (χ1v) is 5.86. The van der Waals surface area contributed by atoms with E-state index >= 15 is 0 Å². The third-order valence-corrected chi connectivity index (χ3v) is 2.69. The predicted molar refractivity (Wildman–Crippen MR) is 72.2 cm³/mol. The molecule has 0 saturated heterocycles. The van der Waals surface area contributed by atoms with Crippen LogP contribution in [0.5, 0.6) is 5.75 Å². The van der Waals surface area contributed by atoms with Crippen LogP contribution in [-0.4, -0.2) is 18.7 Å². The van der Waals surface area contributed by atoms with Crippen molar-refractivity contribution in [1.29, 1.82) is 0 Å². The summed E-state index contributed by atoms with van der Waals surface area (Å²) in [5.41, 5.74) is 0.921. The Hall–Kier alpha value is -1.46. The van der Waals surface area contributed by atoms with Gasteiger partial charge in [-0.3, -0.25) is 5.32 Å². The molecule has 0 radical (unpaired) electrons. The highest BCUT2D eigenvalue weighted by Crippen LogP contribution is 2.19. The van der Waals surface area contributed by atoms with Crippen LogP contribution in [0.25, 0.3) is 0 Å². The van der Waals surface area contributed by atoms with Crippen molar-refractivity contribution in [2.24, 2.45) is 0 Å². The van der Waals surface area contributed by atoms with E-state index in [1.807, 2.05) is 32.0 Å². The second-order valence-corrected chi connectivity index (χ2v) is 4.83. The lowest BCUT2D eigenvalue weighted by Crippen LogP contribution is -2.44. The minimum atomic E-state index is -0.276. The molecule has 92 valence electrons. The van der Waals surface area contributed by atoms with Gasteiger partial charge < -0.3 is 4.74 Å². The van der Waals surface area contributed by atoms with E-state index in [0.717, 1.165) is 12.2 Å². The molecule has 0 aliphatic heterocycles. The van der Waals surface area contributed by atoms with Crippen molar-refractivity contribution in [3.8, 4) is 18.1 Å². The molecule has 0 heterocycles. The van der Waals surface area contributed by atoms with Gasteiger partial charge in [0.25, 0.3) is 0 Å². The molecule has 17 heavy (non-hydrogen) atoms. The Morgan fingerprint density at radius 3 is 2.65 bits per heavy atom. The van der Waals surface area contributed by atoms with Gasteiger partial charge in [0, 0.05) is 6.04 Å². The van der Waals surface area contributed by atoms with Gasteiger partial charge in [0.15, 0.2) is 0 Å². The van der Waals surface area contributed by atoms with Crippen molar-refractivity contribution in [3.05, 3.63) is 29.8 Å². The molecule has 1 aromatic carbocycles. The topological polar surface area (TPSA) is 21.3 Å². The Morgan fingerprint density at radius 2 is 2.06 bits per heavy atom. The molecule has 1 atom stereocenters. The van der Waals surface area contributed by atoms with Crippen LogP contribution < -0.4 is 10.1 Å². The summed E-state index contributed by atoms with van der Waals surface area (Å²) in [7, 11) is 1.70. The lowest BCUT2D eigenvalue weighted by molar-refractivity contribution is 0.394. The molecule has 0 saturated carbocycles. The molecule has 0 bridgehead atoms. The van der Waals surface area contributed by atoms with E-state index in [1.165, 1.54) is 5.56 Å². The van der Waals surface area contributed by atoms with Crippen LogP contribution >= 0.6 is 0 Å². The summed E-state index contributed by atoms with van der Waals surface area (Å²) in [6.07, 6.45) is 6.36. The van der Waals surface area contributed by atoms with E-state index in [0.29, 0.717) is 6.04 Å². The second-order valence-electron chi connectivity index (χ2n) is 4.83. The van der Waals surface area contributed by atoms with Gasteiger partial charge in [0.1, 0.15) is 5.75 Å². The van der Waals surface area contributed by atoms with Gasteiger partial charge in [-0.05, 0) is 38.8 Å². The van der Waals surface area contributed by atoms with Crippen molar-refractivity contribution in [2.75, 3.05) is 7.11 Å². The molecular formula is C15H21NO. The Bertz CT molecular complexity index is 404. The maximum absolute atomic E-state index is 5.47. The molecule has 0 aromatic heterocycles. The maximum Gasteiger partial charge on any atom is 0.122 e. The molecule has 0 aliphatic rings. The van der Waals surface area contributed by atoms with Gasteiger partial charge in [0.05, 0.1) is 12.6 Å². The van der Waals surface area contributed by atoms with Crippen LogP contribution in [0.2, 0.25) is 0 Å². The Morgan fingerprint density at radius 1 is 1.41 bits per heavy atom. The lowest BCUT2D eigenvalue weighted by Gasteiger charge is -2.25. The van der Waals surface area contributed by atoms with Gasteiger partial charge >= 0.3 is 0 Å². The maximum atomic E-state index is 5.47. The number of para-hydroxylation sites is 1. The first-order valence-electron chi connectivity index (χ1n) is 5.86. The molecule has 0 aliphatic carbocycles. The van der Waals surface area contributed by atoms with Gasteiger partial charge in [-0.1, -0.05) is 24.1 Å². The number of benzene rings is 1. The van der Waals surface area contributed by atoms with Gasteiger partial charge in [-0.15, -0.1) is 6.42 Å². The van der Waals surface area contributed by atoms with E-state index in [1.54, 1.807) is 7.11 Å². The SMILES string of the molecule is C#CC(C)(C)NC(C)Cc1ccccc1OC. The highest BCUT2D eigenvalue weighted by Gasteiger charge is 2.17. The quantitative estimate of drug-likeness (QED) is 0.787. The molecule has 1 rings (SSSR count). The lowest BCUT2D eigenvalue weighted by atomic mass is 10.0. The molecule has 1 aromatic rings.